The summed E-state index contributed by atoms with van der Waals surface area (Å²) in [6.07, 6.45) is 7.51. The summed E-state index contributed by atoms with van der Waals surface area (Å²) in [6.45, 7) is 5.06. The van der Waals surface area contributed by atoms with E-state index in [0.717, 1.165) is 83.6 Å². The molecule has 4 fully saturated rings. The lowest BCUT2D eigenvalue weighted by molar-refractivity contribution is -0.135. The number of imidazole rings is 2. The first-order valence-corrected chi connectivity index (χ1v) is 19.5. The van der Waals surface area contributed by atoms with Crippen molar-refractivity contribution in [2.24, 2.45) is 10.8 Å². The number of methoxy groups -OCH3 is 2. The summed E-state index contributed by atoms with van der Waals surface area (Å²) in [4.78, 5) is 71.5. The number of nitrogens with one attached hydrogen (secondary N) is 4. The van der Waals surface area contributed by atoms with Crippen LogP contribution in [0.3, 0.4) is 0 Å². The smallest absolute Gasteiger partial charge is 0.407 e. The lowest BCUT2D eigenvalue weighted by Gasteiger charge is -2.27. The largest absolute Gasteiger partial charge is 0.453 e. The number of aromatic amines is 2. The van der Waals surface area contributed by atoms with Crippen molar-refractivity contribution in [2.75, 3.05) is 27.3 Å². The Kier molecular flexibility index (Phi) is 9.72. The van der Waals surface area contributed by atoms with Crippen LogP contribution in [0.2, 0.25) is 0 Å². The molecule has 2 aromatic heterocycles. The number of carbonyl (C=O) groups excluding carboxylic acids is 4. The van der Waals surface area contributed by atoms with Crippen LogP contribution >= 0.6 is 0 Å². The van der Waals surface area contributed by atoms with Crippen molar-refractivity contribution < 1.29 is 28.7 Å². The molecule has 2 saturated carbocycles. The minimum Gasteiger partial charge on any atom is -0.453 e. The van der Waals surface area contributed by atoms with Crippen LogP contribution in [0.15, 0.2) is 48.7 Å². The van der Waals surface area contributed by atoms with Gasteiger partial charge in [-0.15, -0.1) is 0 Å². The monoisotopic (exact) mass is 760 g/mol. The number of rotatable bonds is 9. The number of H-pyrrole nitrogens is 2. The first kappa shape index (κ1) is 37.1. The molecule has 4 amide bonds. The highest BCUT2D eigenvalue weighted by molar-refractivity contribution is 5.87. The lowest BCUT2D eigenvalue weighted by atomic mass is 10.0. The van der Waals surface area contributed by atoms with Gasteiger partial charge in [0.2, 0.25) is 11.8 Å². The van der Waals surface area contributed by atoms with Gasteiger partial charge in [-0.3, -0.25) is 9.59 Å². The van der Waals surface area contributed by atoms with E-state index in [1.165, 1.54) is 14.2 Å². The normalized spacial score (nSPS) is 21.0. The first-order chi connectivity index (χ1) is 27.0. The van der Waals surface area contributed by atoms with E-state index in [9.17, 15) is 19.2 Å². The zero-order valence-corrected chi connectivity index (χ0v) is 32.2. The molecule has 4 N–H and O–H groups in total. The van der Waals surface area contributed by atoms with Crippen LogP contribution in [0.25, 0.3) is 22.3 Å². The second-order valence-electron chi connectivity index (χ2n) is 15.9. The van der Waals surface area contributed by atoms with Gasteiger partial charge in [-0.25, -0.2) is 19.6 Å². The van der Waals surface area contributed by atoms with Gasteiger partial charge < -0.3 is 39.9 Å². The Balaban J connectivity index is 0.951. The number of hydrogen-bond acceptors (Lipinski definition) is 8. The van der Waals surface area contributed by atoms with E-state index >= 15 is 0 Å². The van der Waals surface area contributed by atoms with Gasteiger partial charge in [-0.05, 0) is 98.1 Å². The summed E-state index contributed by atoms with van der Waals surface area (Å²) >= 11 is 0. The maximum atomic E-state index is 13.7. The summed E-state index contributed by atoms with van der Waals surface area (Å²) < 4.78 is 9.51. The molecule has 2 aliphatic heterocycles. The summed E-state index contributed by atoms with van der Waals surface area (Å²) in [5, 5.41) is 5.37. The van der Waals surface area contributed by atoms with Crippen molar-refractivity contribution >= 4 is 35.0 Å². The predicted molar refractivity (Wildman–Crippen MR) is 207 cm³/mol. The van der Waals surface area contributed by atoms with Crippen LogP contribution in [-0.2, 0) is 19.1 Å². The van der Waals surface area contributed by atoms with Crippen LogP contribution in [0, 0.1) is 22.7 Å². The van der Waals surface area contributed by atoms with Gasteiger partial charge in [0.1, 0.15) is 23.7 Å². The molecular formula is C42H48N8O6. The third kappa shape index (κ3) is 7.30. The number of ether oxygens (including phenoxy) is 2. The molecule has 14 nitrogen and oxygen atoms in total. The SMILES string of the molecule is CC[C@H](NC(=O)OC)C(=O)N1CC2(CC2)C[C@H]1c1ncc(-c2ccc(C#Cc3ccc4nc([C@@H]5CC6(CC6)CN5C(=O)[C@H](CC)NC(=O)OC)[nH]c4c3)cc2)[nH]1. The predicted octanol–water partition coefficient (Wildman–Crippen LogP) is 5.73. The molecule has 8 rings (SSSR count). The van der Waals surface area contributed by atoms with Gasteiger partial charge in [0.15, 0.2) is 0 Å². The zero-order valence-electron chi connectivity index (χ0n) is 32.2. The molecule has 292 valence electrons. The Morgan fingerprint density at radius 3 is 1.86 bits per heavy atom. The van der Waals surface area contributed by atoms with E-state index in [1.807, 2.05) is 66.1 Å². The van der Waals surface area contributed by atoms with Gasteiger partial charge >= 0.3 is 12.2 Å². The lowest BCUT2D eigenvalue weighted by Crippen LogP contribution is -2.48. The molecule has 56 heavy (non-hydrogen) atoms. The summed E-state index contributed by atoms with van der Waals surface area (Å²) in [5.74, 6) is 7.81. The third-order valence-electron chi connectivity index (χ3n) is 12.1. The highest BCUT2D eigenvalue weighted by Gasteiger charge is 2.56. The quantitative estimate of drug-likeness (QED) is 0.157. The molecule has 2 aliphatic carbocycles. The number of likely N-dealkylation sites (tertiary alicyclic amines) is 2. The van der Waals surface area contributed by atoms with Crippen molar-refractivity contribution in [3.8, 4) is 23.1 Å². The molecule has 0 radical (unpaired) electrons. The fraction of sp³-hybridized carbons (Fsp3) is 0.476. The van der Waals surface area contributed by atoms with Gasteiger partial charge in [0.05, 0.1) is 49.2 Å². The number of amides is 4. The van der Waals surface area contributed by atoms with Crippen LogP contribution in [0.4, 0.5) is 9.59 Å². The van der Waals surface area contributed by atoms with Crippen molar-refractivity contribution in [2.45, 2.75) is 89.4 Å². The van der Waals surface area contributed by atoms with Gasteiger partial charge in [0.25, 0.3) is 0 Å². The van der Waals surface area contributed by atoms with E-state index in [4.69, 9.17) is 19.4 Å². The number of alkyl carbamates (subject to hydrolysis) is 2. The first-order valence-electron chi connectivity index (χ1n) is 19.5. The Bertz CT molecular complexity index is 2230. The van der Waals surface area contributed by atoms with Crippen molar-refractivity contribution in [1.82, 2.24) is 40.4 Å². The molecular weight excluding hydrogens is 713 g/mol. The molecule has 4 aliphatic rings. The van der Waals surface area contributed by atoms with Gasteiger partial charge in [-0.2, -0.15) is 0 Å². The van der Waals surface area contributed by atoms with E-state index in [-0.39, 0.29) is 34.7 Å². The van der Waals surface area contributed by atoms with Crippen LogP contribution < -0.4 is 10.6 Å². The molecule has 2 saturated heterocycles. The topological polar surface area (TPSA) is 175 Å². The number of nitrogens with zero attached hydrogens (tertiary/aromatic N) is 4. The van der Waals surface area contributed by atoms with E-state index in [0.29, 0.717) is 25.9 Å². The minimum atomic E-state index is -0.663. The molecule has 4 aromatic rings. The molecule has 0 bridgehead atoms. The average molecular weight is 761 g/mol. The highest BCUT2D eigenvalue weighted by Crippen LogP contribution is 2.59. The summed E-state index contributed by atoms with van der Waals surface area (Å²) in [5.41, 5.74) is 5.39. The number of aromatic nitrogens is 4. The van der Waals surface area contributed by atoms with Crippen LogP contribution in [0.5, 0.6) is 0 Å². The van der Waals surface area contributed by atoms with Crippen molar-refractivity contribution in [3.63, 3.8) is 0 Å². The molecule has 14 heteroatoms. The molecule has 2 aromatic carbocycles. The second kappa shape index (κ2) is 14.7. The van der Waals surface area contributed by atoms with Crippen molar-refractivity contribution in [3.05, 3.63) is 71.4 Å². The summed E-state index contributed by atoms with van der Waals surface area (Å²) in [6, 6.07) is 12.1. The molecule has 4 atom stereocenters. The van der Waals surface area contributed by atoms with E-state index in [2.05, 4.69) is 32.4 Å². The minimum absolute atomic E-state index is 0.116. The number of carbonyl (C=O) groups is 4. The fourth-order valence-corrected chi connectivity index (χ4v) is 8.42. The molecule has 4 heterocycles. The Morgan fingerprint density at radius 2 is 1.32 bits per heavy atom. The Labute approximate surface area is 325 Å². The molecule has 2 spiro atoms. The fourth-order valence-electron chi connectivity index (χ4n) is 8.42. The number of hydrogen-bond donors (Lipinski definition) is 4. The van der Waals surface area contributed by atoms with Crippen LogP contribution in [-0.4, -0.2) is 93.1 Å². The summed E-state index contributed by atoms with van der Waals surface area (Å²) in [7, 11) is 2.59. The second-order valence-corrected chi connectivity index (χ2v) is 15.9. The Hall–Kier alpha value is -5.84. The third-order valence-corrected chi connectivity index (χ3v) is 12.1. The molecule has 0 unspecified atom stereocenters. The van der Waals surface area contributed by atoms with Crippen molar-refractivity contribution in [1.29, 1.82) is 0 Å². The van der Waals surface area contributed by atoms with E-state index < -0.39 is 24.3 Å². The maximum absolute atomic E-state index is 13.7. The van der Waals surface area contributed by atoms with E-state index in [1.54, 1.807) is 6.20 Å². The Morgan fingerprint density at radius 1 is 0.786 bits per heavy atom. The van der Waals surface area contributed by atoms with Gasteiger partial charge in [0, 0.05) is 24.2 Å². The number of benzene rings is 2. The van der Waals surface area contributed by atoms with Crippen LogP contribution in [0.1, 0.15) is 100 Å². The average Bonchev–Trinajstić information content (AvgIpc) is 3.83. The zero-order chi connectivity index (χ0) is 39.2. The standard InChI is InChI=1S/C42H48N8O6/c1-5-28(47-39(53)55-3)37(51)49-23-41(15-16-41)20-33(49)35-43-22-32(46-35)27-12-9-25(10-13-27)7-8-26-11-14-30-31(19-26)45-36(44-30)34-21-42(17-18-42)24-50(34)38(52)29(6-2)48-40(54)56-4/h9-14,19,22,28-29,33-34H,5-6,15-18,20-21,23-24H2,1-4H3,(H,43,46)(H,44,45)(H,47,53)(H,48,54)/t28-,29-,33-,34-/m0/s1. The van der Waals surface area contributed by atoms with Gasteiger partial charge in [-0.1, -0.05) is 37.8 Å². The maximum Gasteiger partial charge on any atom is 0.407 e. The highest BCUT2D eigenvalue weighted by atomic mass is 16.5. The number of fused-ring (bicyclic) bond motifs is 1.